The first-order valence-corrected chi connectivity index (χ1v) is 4.91. The number of primary amides is 1. The fourth-order valence-corrected chi connectivity index (χ4v) is 2.07. The van der Waals surface area contributed by atoms with E-state index in [4.69, 9.17) is 5.73 Å². The molecule has 3 rings (SSSR count). The first-order chi connectivity index (χ1) is 7.70. The highest BCUT2D eigenvalue weighted by Gasteiger charge is 2.14. The molecular formula is C11H10N4O. The van der Waals surface area contributed by atoms with Gasteiger partial charge in [-0.25, -0.2) is 4.52 Å². The molecule has 0 atom stereocenters. The molecule has 2 heterocycles. The molecule has 0 saturated carbocycles. The molecule has 0 bridgehead atoms. The molecule has 0 radical (unpaired) electrons. The molecule has 3 aromatic rings. The lowest BCUT2D eigenvalue weighted by Crippen LogP contribution is -2.12. The molecular weight excluding hydrogens is 204 g/mol. The lowest BCUT2D eigenvalue weighted by molar-refractivity contribution is 0.100. The second kappa shape index (κ2) is 2.85. The van der Waals surface area contributed by atoms with Crippen LogP contribution in [0.25, 0.3) is 16.7 Å². The molecule has 2 aromatic heterocycles. The topological polar surface area (TPSA) is 65.3 Å². The fraction of sp³-hybridized carbons (Fsp3) is 0.0909. The van der Waals surface area contributed by atoms with Crippen LogP contribution in [0.4, 0.5) is 0 Å². The number of carbonyl (C=O) groups excluding carboxylic acids is 1. The summed E-state index contributed by atoms with van der Waals surface area (Å²) in [5, 5.41) is 4.20. The molecule has 0 spiro atoms. The molecule has 16 heavy (non-hydrogen) atoms. The summed E-state index contributed by atoms with van der Waals surface area (Å²) in [4.78, 5) is 11.4. The van der Waals surface area contributed by atoms with Gasteiger partial charge in [0.25, 0.3) is 5.91 Å². The lowest BCUT2D eigenvalue weighted by Gasteiger charge is -1.98. The normalized spacial score (nSPS) is 11.3. The van der Waals surface area contributed by atoms with Crippen LogP contribution in [0, 0.1) is 0 Å². The highest BCUT2D eigenvalue weighted by molar-refractivity contribution is 6.05. The molecule has 80 valence electrons. The van der Waals surface area contributed by atoms with E-state index in [0.717, 1.165) is 16.7 Å². The van der Waals surface area contributed by atoms with Gasteiger partial charge in [-0.15, -0.1) is 0 Å². The van der Waals surface area contributed by atoms with Crippen LogP contribution < -0.4 is 5.73 Å². The number of nitrogens with zero attached hydrogens (tertiary/aromatic N) is 3. The van der Waals surface area contributed by atoms with Crippen molar-refractivity contribution in [3.63, 3.8) is 0 Å². The van der Waals surface area contributed by atoms with Gasteiger partial charge in [-0.05, 0) is 12.1 Å². The lowest BCUT2D eigenvalue weighted by atomic mass is 10.2. The summed E-state index contributed by atoms with van der Waals surface area (Å²) in [6.07, 6.45) is 1.70. The standard InChI is InChI=1S/C11H10N4O/c1-14-8-4-2-3-7(11(12)16)10(8)15-9(14)5-6-13-15/h2-6H,1H3,(H2,12,16). The van der Waals surface area contributed by atoms with Crippen LogP contribution >= 0.6 is 0 Å². The summed E-state index contributed by atoms with van der Waals surface area (Å²) in [6, 6.07) is 7.37. The number of para-hydroxylation sites is 1. The summed E-state index contributed by atoms with van der Waals surface area (Å²) in [7, 11) is 1.93. The van der Waals surface area contributed by atoms with Gasteiger partial charge in [-0.3, -0.25) is 4.79 Å². The number of rotatable bonds is 1. The summed E-state index contributed by atoms with van der Waals surface area (Å²) >= 11 is 0. The van der Waals surface area contributed by atoms with Gasteiger partial charge in [0.1, 0.15) is 11.2 Å². The Labute approximate surface area is 91.1 Å². The molecule has 0 unspecified atom stereocenters. The Morgan fingerprint density at radius 3 is 2.94 bits per heavy atom. The van der Waals surface area contributed by atoms with E-state index in [1.165, 1.54) is 0 Å². The molecule has 0 saturated heterocycles. The molecule has 2 N–H and O–H groups in total. The largest absolute Gasteiger partial charge is 0.366 e. The van der Waals surface area contributed by atoms with Gasteiger partial charge in [0.05, 0.1) is 17.3 Å². The van der Waals surface area contributed by atoms with Gasteiger partial charge < -0.3 is 10.3 Å². The first-order valence-electron chi connectivity index (χ1n) is 4.91. The van der Waals surface area contributed by atoms with E-state index >= 15 is 0 Å². The Morgan fingerprint density at radius 1 is 1.38 bits per heavy atom. The van der Waals surface area contributed by atoms with Gasteiger partial charge in [-0.1, -0.05) is 6.07 Å². The second-order valence-corrected chi connectivity index (χ2v) is 3.70. The maximum absolute atomic E-state index is 11.4. The Balaban J connectivity index is 2.63. The van der Waals surface area contributed by atoms with Gasteiger partial charge in [-0.2, -0.15) is 5.10 Å². The smallest absolute Gasteiger partial charge is 0.250 e. The molecule has 0 aliphatic carbocycles. The summed E-state index contributed by atoms with van der Waals surface area (Å²) in [5.74, 6) is -0.436. The fourth-order valence-electron chi connectivity index (χ4n) is 2.07. The van der Waals surface area contributed by atoms with Crippen LogP contribution in [0.2, 0.25) is 0 Å². The number of fused-ring (bicyclic) bond motifs is 3. The first kappa shape index (κ1) is 8.96. The zero-order chi connectivity index (χ0) is 11.3. The average Bonchev–Trinajstić information content (AvgIpc) is 2.83. The second-order valence-electron chi connectivity index (χ2n) is 3.70. The van der Waals surface area contributed by atoms with Crippen LogP contribution in [0.3, 0.4) is 0 Å². The number of carbonyl (C=O) groups is 1. The van der Waals surface area contributed by atoms with E-state index in [1.54, 1.807) is 16.8 Å². The number of nitrogens with two attached hydrogens (primary N) is 1. The quantitative estimate of drug-likeness (QED) is 0.654. The predicted molar refractivity (Wildman–Crippen MR) is 60.2 cm³/mol. The Morgan fingerprint density at radius 2 is 2.19 bits per heavy atom. The summed E-state index contributed by atoms with van der Waals surface area (Å²) in [6.45, 7) is 0. The number of hydrogen-bond donors (Lipinski definition) is 1. The van der Waals surface area contributed by atoms with E-state index in [1.807, 2.05) is 29.8 Å². The SMILES string of the molecule is Cn1c2cccc(C(N)=O)c2n2nccc12. The molecule has 0 fully saturated rings. The zero-order valence-electron chi connectivity index (χ0n) is 8.71. The Bertz CT molecular complexity index is 707. The van der Waals surface area contributed by atoms with Crippen molar-refractivity contribution in [2.75, 3.05) is 0 Å². The van der Waals surface area contributed by atoms with E-state index in [2.05, 4.69) is 5.10 Å². The molecule has 5 nitrogen and oxygen atoms in total. The van der Waals surface area contributed by atoms with Crippen LogP contribution in [0.1, 0.15) is 10.4 Å². The van der Waals surface area contributed by atoms with Crippen molar-refractivity contribution >= 4 is 22.6 Å². The molecule has 1 aromatic carbocycles. The third kappa shape index (κ3) is 0.942. The maximum Gasteiger partial charge on any atom is 0.250 e. The minimum atomic E-state index is -0.436. The third-order valence-corrected chi connectivity index (χ3v) is 2.82. The average molecular weight is 214 g/mol. The van der Waals surface area contributed by atoms with E-state index in [-0.39, 0.29) is 0 Å². The predicted octanol–water partition coefficient (Wildman–Crippen LogP) is 0.925. The van der Waals surface area contributed by atoms with Crippen molar-refractivity contribution in [2.24, 2.45) is 12.8 Å². The van der Waals surface area contributed by atoms with Crippen molar-refractivity contribution < 1.29 is 4.79 Å². The van der Waals surface area contributed by atoms with Crippen LogP contribution in [0.15, 0.2) is 30.5 Å². The van der Waals surface area contributed by atoms with Crippen LogP contribution in [0.5, 0.6) is 0 Å². The highest BCUT2D eigenvalue weighted by atomic mass is 16.1. The van der Waals surface area contributed by atoms with Crippen molar-refractivity contribution in [1.29, 1.82) is 0 Å². The Kier molecular flexibility index (Phi) is 1.60. The monoisotopic (exact) mass is 214 g/mol. The van der Waals surface area contributed by atoms with Gasteiger partial charge in [0.2, 0.25) is 0 Å². The van der Waals surface area contributed by atoms with Crippen LogP contribution in [-0.4, -0.2) is 20.1 Å². The number of aromatic nitrogens is 3. The third-order valence-electron chi connectivity index (χ3n) is 2.82. The number of aryl methyl sites for hydroxylation is 1. The number of hydrogen-bond acceptors (Lipinski definition) is 2. The Hall–Kier alpha value is -2.30. The molecule has 0 aliphatic rings. The minimum absolute atomic E-state index is 0.436. The van der Waals surface area contributed by atoms with E-state index in [9.17, 15) is 4.79 Å². The van der Waals surface area contributed by atoms with Gasteiger partial charge in [0.15, 0.2) is 0 Å². The van der Waals surface area contributed by atoms with Gasteiger partial charge >= 0.3 is 0 Å². The van der Waals surface area contributed by atoms with E-state index < -0.39 is 5.91 Å². The maximum atomic E-state index is 11.4. The summed E-state index contributed by atoms with van der Waals surface area (Å²) < 4.78 is 3.71. The number of amides is 1. The van der Waals surface area contributed by atoms with Crippen molar-refractivity contribution in [3.8, 4) is 0 Å². The van der Waals surface area contributed by atoms with Crippen molar-refractivity contribution in [1.82, 2.24) is 14.2 Å². The summed E-state index contributed by atoms with van der Waals surface area (Å²) in [5.41, 5.74) is 8.49. The molecule has 1 amide bonds. The number of benzene rings is 1. The molecule has 5 heteroatoms. The molecule has 0 aliphatic heterocycles. The minimum Gasteiger partial charge on any atom is -0.366 e. The highest BCUT2D eigenvalue weighted by Crippen LogP contribution is 2.22. The van der Waals surface area contributed by atoms with Crippen molar-refractivity contribution in [3.05, 3.63) is 36.0 Å². The van der Waals surface area contributed by atoms with Crippen molar-refractivity contribution in [2.45, 2.75) is 0 Å². The van der Waals surface area contributed by atoms with E-state index in [0.29, 0.717) is 5.56 Å². The number of imidazole rings is 1. The zero-order valence-corrected chi connectivity index (χ0v) is 8.71. The van der Waals surface area contributed by atoms with Gasteiger partial charge in [0, 0.05) is 13.1 Å². The van der Waals surface area contributed by atoms with Crippen LogP contribution in [-0.2, 0) is 7.05 Å².